The minimum atomic E-state index is -0.282. The Balaban J connectivity index is 1.56. The topological polar surface area (TPSA) is 50.7 Å². The standard InChI is InChI=1S/C26H27FN4S/c1-17-5-3-6-22(18(17)2)26-29-15-21(16-30-26)19(12-14-31-32)8-9-20-10-11-24(27)25-23(20)7-4-13-28-25/h3-7,10-11,13,15-16,19,31-32H,8-9,12,14H2,1-2H3. The second kappa shape index (κ2) is 10.2. The first kappa shape index (κ1) is 22.4. The Morgan fingerprint density at radius 1 is 0.969 bits per heavy atom. The molecule has 4 aromatic rings. The molecule has 0 aliphatic carbocycles. The minimum Gasteiger partial charge on any atom is -0.267 e. The van der Waals surface area contributed by atoms with Crippen molar-refractivity contribution < 1.29 is 4.39 Å². The van der Waals surface area contributed by atoms with Crippen molar-refractivity contribution in [2.24, 2.45) is 0 Å². The maximum atomic E-state index is 14.1. The summed E-state index contributed by atoms with van der Waals surface area (Å²) in [6.45, 7) is 4.98. The number of thiol groups is 1. The minimum absolute atomic E-state index is 0.263. The fourth-order valence-corrected chi connectivity index (χ4v) is 4.27. The molecule has 1 atom stereocenters. The predicted octanol–water partition coefficient (Wildman–Crippen LogP) is 5.99. The molecule has 4 rings (SSSR count). The van der Waals surface area contributed by atoms with Crippen molar-refractivity contribution >= 4 is 23.7 Å². The van der Waals surface area contributed by atoms with Crippen LogP contribution >= 0.6 is 12.8 Å². The first-order valence-corrected chi connectivity index (χ1v) is 11.3. The van der Waals surface area contributed by atoms with Crippen molar-refractivity contribution in [1.29, 1.82) is 0 Å². The lowest BCUT2D eigenvalue weighted by atomic mass is 9.90. The average molecular weight is 447 g/mol. The van der Waals surface area contributed by atoms with E-state index in [1.54, 1.807) is 6.20 Å². The molecule has 1 unspecified atom stereocenters. The van der Waals surface area contributed by atoms with Crippen molar-refractivity contribution in [3.63, 3.8) is 0 Å². The summed E-state index contributed by atoms with van der Waals surface area (Å²) in [5, 5.41) is 0.875. The Morgan fingerprint density at radius 2 is 1.78 bits per heavy atom. The molecule has 4 nitrogen and oxygen atoms in total. The van der Waals surface area contributed by atoms with Gasteiger partial charge < -0.3 is 0 Å². The van der Waals surface area contributed by atoms with E-state index in [4.69, 9.17) is 0 Å². The van der Waals surface area contributed by atoms with E-state index in [1.165, 1.54) is 17.2 Å². The van der Waals surface area contributed by atoms with Crippen LogP contribution in [0.4, 0.5) is 4.39 Å². The van der Waals surface area contributed by atoms with Crippen molar-refractivity contribution in [3.8, 4) is 11.4 Å². The molecule has 0 saturated heterocycles. The van der Waals surface area contributed by atoms with Gasteiger partial charge in [-0.2, -0.15) is 0 Å². The number of fused-ring (bicyclic) bond motifs is 1. The number of aromatic nitrogens is 3. The predicted molar refractivity (Wildman–Crippen MR) is 131 cm³/mol. The monoisotopic (exact) mass is 446 g/mol. The van der Waals surface area contributed by atoms with Crippen LogP contribution in [0.5, 0.6) is 0 Å². The van der Waals surface area contributed by atoms with E-state index in [2.05, 4.69) is 58.5 Å². The molecule has 2 heterocycles. The molecule has 2 aromatic heterocycles. The number of aryl methyl sites for hydroxylation is 2. The molecule has 32 heavy (non-hydrogen) atoms. The van der Waals surface area contributed by atoms with Gasteiger partial charge >= 0.3 is 0 Å². The van der Waals surface area contributed by atoms with E-state index in [9.17, 15) is 4.39 Å². The second-order valence-electron chi connectivity index (χ2n) is 8.13. The van der Waals surface area contributed by atoms with Crippen LogP contribution in [0.1, 0.15) is 41.0 Å². The molecule has 2 aromatic carbocycles. The van der Waals surface area contributed by atoms with Crippen LogP contribution < -0.4 is 4.72 Å². The quantitative estimate of drug-likeness (QED) is 0.327. The third-order valence-corrected chi connectivity index (χ3v) is 6.39. The van der Waals surface area contributed by atoms with Crippen molar-refractivity contribution in [2.45, 2.75) is 39.0 Å². The van der Waals surface area contributed by atoms with Crippen LogP contribution in [-0.2, 0) is 6.42 Å². The molecule has 6 heteroatoms. The normalized spacial score (nSPS) is 12.2. The molecule has 0 amide bonds. The lowest BCUT2D eigenvalue weighted by Gasteiger charge is -2.18. The third-order valence-electron chi connectivity index (χ3n) is 6.17. The lowest BCUT2D eigenvalue weighted by Crippen LogP contribution is -2.10. The van der Waals surface area contributed by atoms with Crippen molar-refractivity contribution in [2.75, 3.05) is 6.54 Å². The summed E-state index contributed by atoms with van der Waals surface area (Å²) in [5.74, 6) is 0.728. The first-order valence-electron chi connectivity index (χ1n) is 10.9. The van der Waals surface area contributed by atoms with Crippen LogP contribution in [0.3, 0.4) is 0 Å². The number of hydrogen-bond acceptors (Lipinski definition) is 5. The zero-order valence-corrected chi connectivity index (χ0v) is 19.2. The van der Waals surface area contributed by atoms with Gasteiger partial charge in [0.15, 0.2) is 5.82 Å². The van der Waals surface area contributed by atoms with Gasteiger partial charge in [-0.1, -0.05) is 43.1 Å². The molecule has 0 aliphatic heterocycles. The molecular weight excluding hydrogens is 419 g/mol. The zero-order valence-electron chi connectivity index (χ0n) is 18.3. The van der Waals surface area contributed by atoms with Gasteiger partial charge in [-0.25, -0.2) is 14.4 Å². The maximum absolute atomic E-state index is 14.1. The number of nitrogens with zero attached hydrogens (tertiary/aromatic N) is 3. The van der Waals surface area contributed by atoms with Gasteiger partial charge in [0.05, 0.1) is 0 Å². The molecule has 0 saturated carbocycles. The summed E-state index contributed by atoms with van der Waals surface area (Å²) in [7, 11) is 0. The smallest absolute Gasteiger partial charge is 0.159 e. The zero-order chi connectivity index (χ0) is 22.5. The Bertz CT molecular complexity index is 1210. The number of nitrogens with one attached hydrogen (secondary N) is 1. The number of benzene rings is 2. The van der Waals surface area contributed by atoms with Gasteiger partial charge in [0, 0.05) is 36.1 Å². The molecule has 0 spiro atoms. The molecule has 0 fully saturated rings. The summed E-state index contributed by atoms with van der Waals surface area (Å²) >= 11 is 4.16. The SMILES string of the molecule is Cc1cccc(-c2ncc(C(CCNS)CCc3ccc(F)c4ncccc34)cn2)c1C. The van der Waals surface area contributed by atoms with Gasteiger partial charge in [0.1, 0.15) is 11.3 Å². The Kier molecular flexibility index (Phi) is 7.12. The Morgan fingerprint density at radius 3 is 2.56 bits per heavy atom. The Hall–Kier alpha value is -2.83. The molecule has 1 N–H and O–H groups in total. The first-order chi connectivity index (χ1) is 15.6. The summed E-state index contributed by atoms with van der Waals surface area (Å²) in [6, 6.07) is 13.4. The molecule has 164 valence electrons. The van der Waals surface area contributed by atoms with Crippen molar-refractivity contribution in [3.05, 3.63) is 89.1 Å². The second-order valence-corrected chi connectivity index (χ2v) is 8.44. The van der Waals surface area contributed by atoms with E-state index in [0.29, 0.717) is 5.52 Å². The number of pyridine rings is 1. The van der Waals surface area contributed by atoms with E-state index in [1.807, 2.05) is 36.7 Å². The highest BCUT2D eigenvalue weighted by Gasteiger charge is 2.16. The molecule has 0 aliphatic rings. The van der Waals surface area contributed by atoms with Crippen LogP contribution in [0, 0.1) is 19.7 Å². The highest BCUT2D eigenvalue weighted by Crippen LogP contribution is 2.29. The maximum Gasteiger partial charge on any atom is 0.159 e. The number of halogens is 1. The fraction of sp³-hybridized carbons (Fsp3) is 0.269. The summed E-state index contributed by atoms with van der Waals surface area (Å²) in [4.78, 5) is 13.6. The Labute approximate surface area is 193 Å². The van der Waals surface area contributed by atoms with E-state index in [0.717, 1.165) is 53.7 Å². The van der Waals surface area contributed by atoms with Crippen LogP contribution in [0.2, 0.25) is 0 Å². The van der Waals surface area contributed by atoms with Crippen molar-refractivity contribution in [1.82, 2.24) is 19.7 Å². The number of hydrogen-bond donors (Lipinski definition) is 2. The van der Waals surface area contributed by atoms with Crippen LogP contribution in [-0.4, -0.2) is 21.5 Å². The molecule has 0 bridgehead atoms. The third kappa shape index (κ3) is 4.81. The largest absolute Gasteiger partial charge is 0.267 e. The van der Waals surface area contributed by atoms with E-state index >= 15 is 0 Å². The van der Waals surface area contributed by atoms with E-state index in [-0.39, 0.29) is 11.7 Å². The van der Waals surface area contributed by atoms with E-state index < -0.39 is 0 Å². The van der Waals surface area contributed by atoms with Crippen LogP contribution in [0.15, 0.2) is 61.1 Å². The summed E-state index contributed by atoms with van der Waals surface area (Å²) < 4.78 is 17.1. The summed E-state index contributed by atoms with van der Waals surface area (Å²) in [5.41, 5.74) is 6.13. The van der Waals surface area contributed by atoms with Gasteiger partial charge in [-0.3, -0.25) is 9.71 Å². The van der Waals surface area contributed by atoms with Gasteiger partial charge in [0.2, 0.25) is 0 Å². The summed E-state index contributed by atoms with van der Waals surface area (Å²) in [6.07, 6.45) is 8.14. The lowest BCUT2D eigenvalue weighted by molar-refractivity contribution is 0.573. The average Bonchev–Trinajstić information content (AvgIpc) is 2.82. The number of rotatable bonds is 8. The molecular formula is C26H27FN4S. The highest BCUT2D eigenvalue weighted by molar-refractivity contribution is 7.78. The fourth-order valence-electron chi connectivity index (χ4n) is 4.14. The molecule has 0 radical (unpaired) electrons. The van der Waals surface area contributed by atoms with Gasteiger partial charge in [-0.15, -0.1) is 0 Å². The van der Waals surface area contributed by atoms with Gasteiger partial charge in [-0.05, 0) is 73.4 Å². The highest BCUT2D eigenvalue weighted by atomic mass is 32.1. The van der Waals surface area contributed by atoms with Gasteiger partial charge in [0.25, 0.3) is 0 Å². The van der Waals surface area contributed by atoms with Crippen LogP contribution in [0.25, 0.3) is 22.3 Å².